The summed E-state index contributed by atoms with van der Waals surface area (Å²) in [6.07, 6.45) is 1.40. The molecule has 0 aromatic carbocycles. The topological polar surface area (TPSA) is 114 Å². The van der Waals surface area contributed by atoms with Crippen molar-refractivity contribution >= 4 is 34.1 Å². The first-order chi connectivity index (χ1) is 12.8. The first-order valence-electron chi connectivity index (χ1n) is 7.98. The number of amides is 3. The molecular weight excluding hydrogens is 370 g/mol. The lowest BCUT2D eigenvalue weighted by Gasteiger charge is -2.06. The van der Waals surface area contributed by atoms with E-state index in [9.17, 15) is 14.4 Å². The molecule has 0 radical (unpaired) electrons. The Hall–Kier alpha value is -3.33. The van der Waals surface area contributed by atoms with Gasteiger partial charge >= 0.3 is 0 Å². The van der Waals surface area contributed by atoms with Gasteiger partial charge < -0.3 is 14.2 Å². The van der Waals surface area contributed by atoms with Gasteiger partial charge in [-0.25, -0.2) is 0 Å². The fourth-order valence-corrected chi connectivity index (χ4v) is 3.41. The van der Waals surface area contributed by atoms with Gasteiger partial charge in [0.15, 0.2) is 5.76 Å². The number of rotatable bonds is 4. The van der Waals surface area contributed by atoms with Crippen molar-refractivity contribution < 1.29 is 23.2 Å². The quantitative estimate of drug-likeness (QED) is 0.595. The zero-order chi connectivity index (χ0) is 19.6. The van der Waals surface area contributed by atoms with Crippen LogP contribution in [-0.2, 0) is 0 Å². The number of hydrogen-bond acceptors (Lipinski definition) is 6. The number of nitrogens with one attached hydrogen (secondary N) is 3. The number of hydrogen-bond donors (Lipinski definition) is 3. The number of thiophene rings is 1. The molecule has 0 fully saturated rings. The third kappa shape index (κ3) is 4.09. The van der Waals surface area contributed by atoms with Crippen LogP contribution < -0.4 is 16.2 Å². The molecule has 9 heteroatoms. The predicted octanol–water partition coefficient (Wildman–Crippen LogP) is 3.19. The van der Waals surface area contributed by atoms with Gasteiger partial charge in [0.2, 0.25) is 0 Å². The maximum atomic E-state index is 12.3. The summed E-state index contributed by atoms with van der Waals surface area (Å²) in [6.45, 7) is 5.14. The van der Waals surface area contributed by atoms with E-state index in [1.54, 1.807) is 45.0 Å². The highest BCUT2D eigenvalue weighted by Crippen LogP contribution is 2.27. The molecule has 0 bridgehead atoms. The van der Waals surface area contributed by atoms with Crippen molar-refractivity contribution in [1.29, 1.82) is 0 Å². The molecule has 3 aromatic heterocycles. The monoisotopic (exact) mass is 387 g/mol. The molecule has 3 heterocycles. The molecule has 0 unspecified atom stereocenters. The van der Waals surface area contributed by atoms with Crippen LogP contribution in [0, 0.1) is 20.8 Å². The maximum absolute atomic E-state index is 12.3. The van der Waals surface area contributed by atoms with Crippen LogP contribution >= 0.6 is 11.3 Å². The highest BCUT2D eigenvalue weighted by atomic mass is 32.1. The Morgan fingerprint density at radius 2 is 1.74 bits per heavy atom. The molecule has 0 spiro atoms. The van der Waals surface area contributed by atoms with Crippen molar-refractivity contribution in [2.24, 2.45) is 0 Å². The Labute approximate surface area is 158 Å². The summed E-state index contributed by atoms with van der Waals surface area (Å²) in [4.78, 5) is 36.9. The normalized spacial score (nSPS) is 10.5. The van der Waals surface area contributed by atoms with Crippen molar-refractivity contribution in [2.75, 3.05) is 5.32 Å². The second-order valence-corrected chi connectivity index (χ2v) is 6.84. The molecule has 0 saturated heterocycles. The number of hydrazine groups is 1. The summed E-state index contributed by atoms with van der Waals surface area (Å²) in [7, 11) is 0. The van der Waals surface area contributed by atoms with Crippen molar-refractivity contribution in [2.45, 2.75) is 20.8 Å². The average molecular weight is 387 g/mol. The number of carbonyl (C=O) groups excluding carboxylic acids is 3. The Bertz CT molecular complexity index is 1000. The van der Waals surface area contributed by atoms with E-state index in [-0.39, 0.29) is 5.76 Å². The van der Waals surface area contributed by atoms with Crippen LogP contribution in [0.4, 0.5) is 5.00 Å². The summed E-state index contributed by atoms with van der Waals surface area (Å²) in [5.41, 5.74) is 5.74. The van der Waals surface area contributed by atoms with Crippen molar-refractivity contribution in [3.63, 3.8) is 0 Å². The van der Waals surface area contributed by atoms with E-state index in [2.05, 4.69) is 16.2 Å². The Balaban J connectivity index is 1.63. The Kier molecular flexibility index (Phi) is 5.13. The average Bonchev–Trinajstić information content (AvgIpc) is 3.33. The van der Waals surface area contributed by atoms with Crippen LogP contribution in [0.3, 0.4) is 0 Å². The highest BCUT2D eigenvalue weighted by Gasteiger charge is 2.18. The SMILES string of the molecule is Cc1cc(C(=O)NNC(=O)c2sc(NC(=O)c3ccco3)cc2C)c(C)o1. The van der Waals surface area contributed by atoms with Gasteiger partial charge in [0.25, 0.3) is 17.7 Å². The summed E-state index contributed by atoms with van der Waals surface area (Å²) in [6, 6.07) is 6.42. The third-order valence-electron chi connectivity index (χ3n) is 3.68. The number of carbonyl (C=O) groups is 3. The Morgan fingerprint density at radius 3 is 2.37 bits per heavy atom. The minimum atomic E-state index is -0.484. The van der Waals surface area contributed by atoms with E-state index in [1.807, 2.05) is 0 Å². The van der Waals surface area contributed by atoms with Crippen LogP contribution in [0.25, 0.3) is 0 Å². The molecule has 0 saturated carbocycles. The van der Waals surface area contributed by atoms with E-state index >= 15 is 0 Å². The molecule has 140 valence electrons. The maximum Gasteiger partial charge on any atom is 0.291 e. The van der Waals surface area contributed by atoms with Crippen LogP contribution in [0.5, 0.6) is 0 Å². The molecular formula is C18H17N3O5S. The van der Waals surface area contributed by atoms with Crippen LogP contribution in [0.15, 0.2) is 39.4 Å². The van der Waals surface area contributed by atoms with Gasteiger partial charge in [0.05, 0.1) is 21.7 Å². The highest BCUT2D eigenvalue weighted by molar-refractivity contribution is 7.18. The van der Waals surface area contributed by atoms with Gasteiger partial charge in [0, 0.05) is 0 Å². The number of furan rings is 2. The van der Waals surface area contributed by atoms with Gasteiger partial charge in [-0.3, -0.25) is 25.2 Å². The lowest BCUT2D eigenvalue weighted by Crippen LogP contribution is -2.41. The molecule has 3 N–H and O–H groups in total. The van der Waals surface area contributed by atoms with Crippen LogP contribution in [0.2, 0.25) is 0 Å². The zero-order valence-corrected chi connectivity index (χ0v) is 15.7. The fraction of sp³-hybridized carbons (Fsp3) is 0.167. The summed E-state index contributed by atoms with van der Waals surface area (Å²) in [5, 5.41) is 3.16. The van der Waals surface area contributed by atoms with E-state index in [1.165, 1.54) is 6.26 Å². The second kappa shape index (κ2) is 7.50. The van der Waals surface area contributed by atoms with Gasteiger partial charge in [-0.2, -0.15) is 0 Å². The summed E-state index contributed by atoms with van der Waals surface area (Å²) in [5.74, 6) is -0.123. The van der Waals surface area contributed by atoms with E-state index < -0.39 is 17.7 Å². The molecule has 3 amide bonds. The summed E-state index contributed by atoms with van der Waals surface area (Å²) < 4.78 is 10.3. The van der Waals surface area contributed by atoms with Crippen molar-refractivity contribution in [3.8, 4) is 0 Å². The third-order valence-corrected chi connectivity index (χ3v) is 4.83. The van der Waals surface area contributed by atoms with E-state index in [0.717, 1.165) is 11.3 Å². The molecule has 27 heavy (non-hydrogen) atoms. The second-order valence-electron chi connectivity index (χ2n) is 5.79. The standard InChI is InChI=1S/C18H17N3O5S/c1-9-7-14(19-17(23)13-5-4-6-25-13)27-15(9)18(24)21-20-16(22)12-8-10(2)26-11(12)3/h4-8H,1-3H3,(H,19,23)(H,20,22)(H,21,24). The number of aryl methyl sites for hydroxylation is 3. The Morgan fingerprint density at radius 1 is 1.00 bits per heavy atom. The predicted molar refractivity (Wildman–Crippen MR) is 98.8 cm³/mol. The minimum absolute atomic E-state index is 0.171. The largest absolute Gasteiger partial charge is 0.466 e. The molecule has 0 aliphatic carbocycles. The lowest BCUT2D eigenvalue weighted by atomic mass is 10.2. The number of anilines is 1. The van der Waals surface area contributed by atoms with Crippen LogP contribution in [0.1, 0.15) is 47.7 Å². The first-order valence-corrected chi connectivity index (χ1v) is 8.80. The molecule has 3 rings (SSSR count). The minimum Gasteiger partial charge on any atom is -0.466 e. The van der Waals surface area contributed by atoms with Crippen molar-refractivity contribution in [3.05, 3.63) is 63.8 Å². The summed E-state index contributed by atoms with van der Waals surface area (Å²) >= 11 is 1.09. The van der Waals surface area contributed by atoms with Gasteiger partial charge in [-0.15, -0.1) is 11.3 Å². The molecule has 0 atom stereocenters. The van der Waals surface area contributed by atoms with Crippen LogP contribution in [-0.4, -0.2) is 17.7 Å². The van der Waals surface area contributed by atoms with E-state index in [4.69, 9.17) is 8.83 Å². The molecule has 8 nitrogen and oxygen atoms in total. The molecule has 0 aliphatic heterocycles. The molecule has 3 aromatic rings. The van der Waals surface area contributed by atoms with Crippen molar-refractivity contribution in [1.82, 2.24) is 10.9 Å². The van der Waals surface area contributed by atoms with Gasteiger partial charge in [-0.05, 0) is 50.6 Å². The lowest BCUT2D eigenvalue weighted by molar-refractivity contribution is 0.0847. The van der Waals surface area contributed by atoms with Gasteiger partial charge in [0.1, 0.15) is 11.5 Å². The zero-order valence-electron chi connectivity index (χ0n) is 14.8. The smallest absolute Gasteiger partial charge is 0.291 e. The van der Waals surface area contributed by atoms with E-state index in [0.29, 0.717) is 32.5 Å². The first kappa shape index (κ1) is 18.5. The molecule has 0 aliphatic rings. The van der Waals surface area contributed by atoms with Gasteiger partial charge in [-0.1, -0.05) is 0 Å². The fourth-order valence-electron chi connectivity index (χ4n) is 2.44.